The van der Waals surface area contributed by atoms with Crippen molar-refractivity contribution < 1.29 is 13.9 Å². The van der Waals surface area contributed by atoms with Gasteiger partial charge in [-0.05, 0) is 42.5 Å². The van der Waals surface area contributed by atoms with E-state index < -0.39 is 5.97 Å². The number of hydrogen-bond acceptors (Lipinski definition) is 2. The Hall–Kier alpha value is -1.84. The molecule has 1 aromatic carbocycles. The smallest absolute Gasteiger partial charge is 0.354 e. The Morgan fingerprint density at radius 2 is 2.00 bits per heavy atom. The van der Waals surface area contributed by atoms with Gasteiger partial charge in [0, 0.05) is 10.9 Å². The molecular weight excluding hydrogens is 257 g/mol. The van der Waals surface area contributed by atoms with Crippen molar-refractivity contribution in [3.63, 3.8) is 0 Å². The lowest BCUT2D eigenvalue weighted by molar-refractivity contribution is 0.0520. The van der Waals surface area contributed by atoms with Gasteiger partial charge >= 0.3 is 5.97 Å². The van der Waals surface area contributed by atoms with Crippen molar-refractivity contribution in [2.75, 3.05) is 6.61 Å². The molecule has 3 nitrogen and oxygen atoms in total. The molecule has 1 aromatic heterocycles. The van der Waals surface area contributed by atoms with E-state index in [1.807, 2.05) is 0 Å². The van der Waals surface area contributed by atoms with E-state index in [9.17, 15) is 9.18 Å². The average molecular weight is 277 g/mol. The zero-order chi connectivity index (χ0) is 14.9. The lowest BCUT2D eigenvalue weighted by Crippen LogP contribution is -2.10. The zero-order valence-corrected chi connectivity index (χ0v) is 12.3. The maximum Gasteiger partial charge on any atom is 0.354 e. The van der Waals surface area contributed by atoms with Gasteiger partial charge in [0.05, 0.1) is 6.61 Å². The minimum atomic E-state index is -0.411. The van der Waals surface area contributed by atoms with Crippen molar-refractivity contribution in [3.8, 4) is 0 Å². The highest BCUT2D eigenvalue weighted by molar-refractivity contribution is 5.95. The number of H-pyrrole nitrogens is 1. The van der Waals surface area contributed by atoms with Crippen LogP contribution in [0.15, 0.2) is 18.2 Å². The minimum Gasteiger partial charge on any atom is -0.461 e. The van der Waals surface area contributed by atoms with Crippen molar-refractivity contribution in [2.45, 2.75) is 34.1 Å². The molecule has 108 valence electrons. The van der Waals surface area contributed by atoms with Gasteiger partial charge in [0.15, 0.2) is 0 Å². The summed E-state index contributed by atoms with van der Waals surface area (Å²) in [5.41, 5.74) is 2.09. The Labute approximate surface area is 118 Å². The molecule has 0 radical (unpaired) electrons. The molecule has 0 saturated heterocycles. The quantitative estimate of drug-likeness (QED) is 0.859. The summed E-state index contributed by atoms with van der Waals surface area (Å²) >= 11 is 0. The van der Waals surface area contributed by atoms with E-state index in [-0.39, 0.29) is 11.2 Å². The largest absolute Gasteiger partial charge is 0.461 e. The molecule has 0 aliphatic carbocycles. The fourth-order valence-electron chi connectivity index (χ4n) is 2.31. The number of aromatic nitrogens is 1. The zero-order valence-electron chi connectivity index (χ0n) is 12.3. The van der Waals surface area contributed by atoms with Crippen molar-refractivity contribution in [1.29, 1.82) is 0 Å². The van der Waals surface area contributed by atoms with Crippen LogP contribution in [-0.4, -0.2) is 17.6 Å². The van der Waals surface area contributed by atoms with E-state index in [1.165, 1.54) is 12.1 Å². The molecule has 0 unspecified atom stereocenters. The molecule has 20 heavy (non-hydrogen) atoms. The van der Waals surface area contributed by atoms with Crippen LogP contribution < -0.4 is 0 Å². The van der Waals surface area contributed by atoms with Gasteiger partial charge in [-0.3, -0.25) is 0 Å². The minimum absolute atomic E-state index is 0.0376. The number of esters is 1. The SMILES string of the molecule is CCOC(=O)c1cc2cc(F)cc(CC(C)(C)C)c2[nH]1. The predicted octanol–water partition coefficient (Wildman–Crippen LogP) is 4.07. The number of aromatic amines is 1. The van der Waals surface area contributed by atoms with Crippen LogP contribution in [0.4, 0.5) is 4.39 Å². The van der Waals surface area contributed by atoms with E-state index in [2.05, 4.69) is 25.8 Å². The second kappa shape index (κ2) is 5.27. The standard InChI is InChI=1S/C16H20FNO2/c1-5-20-15(19)13-8-10-6-12(17)7-11(14(10)18-13)9-16(2,3)4/h6-8,18H,5,9H2,1-4H3. The molecule has 0 aliphatic rings. The number of fused-ring (bicyclic) bond motifs is 1. The second-order valence-corrected chi connectivity index (χ2v) is 6.17. The maximum absolute atomic E-state index is 13.7. The van der Waals surface area contributed by atoms with Crippen molar-refractivity contribution >= 4 is 16.9 Å². The summed E-state index contributed by atoms with van der Waals surface area (Å²) in [7, 11) is 0. The van der Waals surface area contributed by atoms with Crippen LogP contribution in [0.3, 0.4) is 0 Å². The Bertz CT molecular complexity index is 638. The third-order valence-electron chi connectivity index (χ3n) is 2.99. The van der Waals surface area contributed by atoms with Crippen LogP contribution in [-0.2, 0) is 11.2 Å². The maximum atomic E-state index is 13.7. The Morgan fingerprint density at radius 3 is 2.60 bits per heavy atom. The number of benzene rings is 1. The lowest BCUT2D eigenvalue weighted by atomic mass is 9.87. The highest BCUT2D eigenvalue weighted by Gasteiger charge is 2.18. The van der Waals surface area contributed by atoms with E-state index >= 15 is 0 Å². The van der Waals surface area contributed by atoms with Gasteiger partial charge in [0.1, 0.15) is 11.5 Å². The van der Waals surface area contributed by atoms with Crippen molar-refractivity contribution in [2.24, 2.45) is 5.41 Å². The van der Waals surface area contributed by atoms with Gasteiger partial charge in [-0.2, -0.15) is 0 Å². The molecule has 0 aliphatic heterocycles. The summed E-state index contributed by atoms with van der Waals surface area (Å²) in [4.78, 5) is 14.8. The number of hydrogen-bond donors (Lipinski definition) is 1. The number of carbonyl (C=O) groups excluding carboxylic acids is 1. The molecule has 0 spiro atoms. The average Bonchev–Trinajstić information content (AvgIpc) is 2.71. The number of carbonyl (C=O) groups is 1. The topological polar surface area (TPSA) is 42.1 Å². The first-order valence-corrected chi connectivity index (χ1v) is 6.78. The molecule has 0 amide bonds. The van der Waals surface area contributed by atoms with Gasteiger partial charge in [-0.1, -0.05) is 20.8 Å². The molecule has 0 bridgehead atoms. The van der Waals surface area contributed by atoms with Crippen LogP contribution in [0.2, 0.25) is 0 Å². The summed E-state index contributed by atoms with van der Waals surface area (Å²) in [6, 6.07) is 4.60. The Kier molecular flexibility index (Phi) is 3.84. The molecule has 2 aromatic rings. The van der Waals surface area contributed by atoms with Crippen LogP contribution in [0, 0.1) is 11.2 Å². The molecular formula is C16H20FNO2. The number of nitrogens with one attached hydrogen (secondary N) is 1. The van der Waals surface area contributed by atoms with Crippen LogP contribution >= 0.6 is 0 Å². The highest BCUT2D eigenvalue weighted by atomic mass is 19.1. The molecule has 0 fully saturated rings. The monoisotopic (exact) mass is 277 g/mol. The highest BCUT2D eigenvalue weighted by Crippen LogP contribution is 2.28. The van der Waals surface area contributed by atoms with Gasteiger partial charge in [0.25, 0.3) is 0 Å². The number of halogens is 1. The van der Waals surface area contributed by atoms with Gasteiger partial charge in [0.2, 0.25) is 0 Å². The fraction of sp³-hybridized carbons (Fsp3) is 0.438. The van der Waals surface area contributed by atoms with E-state index in [0.29, 0.717) is 17.7 Å². The van der Waals surface area contributed by atoms with Crippen LogP contribution in [0.5, 0.6) is 0 Å². The van der Waals surface area contributed by atoms with Crippen molar-refractivity contribution in [1.82, 2.24) is 4.98 Å². The first kappa shape index (κ1) is 14.6. The van der Waals surface area contributed by atoms with Gasteiger partial charge in [-0.25, -0.2) is 9.18 Å². The Morgan fingerprint density at radius 1 is 1.30 bits per heavy atom. The second-order valence-electron chi connectivity index (χ2n) is 6.17. The van der Waals surface area contributed by atoms with E-state index in [4.69, 9.17) is 4.74 Å². The summed E-state index contributed by atoms with van der Waals surface area (Å²) in [6.07, 6.45) is 0.726. The summed E-state index contributed by atoms with van der Waals surface area (Å²) in [5.74, 6) is -0.697. The van der Waals surface area contributed by atoms with Gasteiger partial charge < -0.3 is 9.72 Å². The summed E-state index contributed by atoms with van der Waals surface area (Å²) in [5, 5.41) is 0.701. The fourth-order valence-corrected chi connectivity index (χ4v) is 2.31. The normalized spacial score (nSPS) is 11.8. The van der Waals surface area contributed by atoms with Gasteiger partial charge in [-0.15, -0.1) is 0 Å². The Balaban J connectivity index is 2.50. The third-order valence-corrected chi connectivity index (χ3v) is 2.99. The van der Waals surface area contributed by atoms with Crippen LogP contribution in [0.25, 0.3) is 10.9 Å². The first-order chi connectivity index (χ1) is 9.30. The summed E-state index contributed by atoms with van der Waals surface area (Å²) < 4.78 is 18.7. The third kappa shape index (κ3) is 3.18. The first-order valence-electron chi connectivity index (χ1n) is 6.78. The molecule has 0 atom stereocenters. The number of rotatable bonds is 3. The predicted molar refractivity (Wildman–Crippen MR) is 77.4 cm³/mol. The lowest BCUT2D eigenvalue weighted by Gasteiger charge is -2.18. The van der Waals surface area contributed by atoms with Crippen molar-refractivity contribution in [3.05, 3.63) is 35.3 Å². The van der Waals surface area contributed by atoms with Crippen LogP contribution in [0.1, 0.15) is 43.7 Å². The molecule has 4 heteroatoms. The molecule has 2 rings (SSSR count). The van der Waals surface area contributed by atoms with E-state index in [0.717, 1.165) is 17.5 Å². The molecule has 1 heterocycles. The van der Waals surface area contributed by atoms with E-state index in [1.54, 1.807) is 13.0 Å². The summed E-state index contributed by atoms with van der Waals surface area (Å²) in [6.45, 7) is 8.36. The number of ether oxygens (including phenoxy) is 1. The molecule has 1 N–H and O–H groups in total. The molecule has 0 saturated carbocycles.